The van der Waals surface area contributed by atoms with Crippen LogP contribution in [0.25, 0.3) is 0 Å². The Morgan fingerprint density at radius 2 is 1.80 bits per heavy atom. The first-order valence-electron chi connectivity index (χ1n) is 6.21. The van der Waals surface area contributed by atoms with Crippen molar-refractivity contribution in [3.8, 4) is 6.07 Å². The van der Waals surface area contributed by atoms with Gasteiger partial charge in [0.1, 0.15) is 0 Å². The standard InChI is InChI=1S/C16H14N2OS/c17-10-13-6-8-14(9-7-13)11-18-16(19)12-20-15-4-2-1-3-5-15/h1-9H,11-12H2,(H,18,19). The molecule has 0 fully saturated rings. The van der Waals surface area contributed by atoms with Crippen molar-refractivity contribution >= 4 is 17.7 Å². The van der Waals surface area contributed by atoms with Gasteiger partial charge in [0.2, 0.25) is 5.91 Å². The molecule has 0 atom stereocenters. The summed E-state index contributed by atoms with van der Waals surface area (Å²) in [6.45, 7) is 0.486. The lowest BCUT2D eigenvalue weighted by molar-refractivity contribution is -0.118. The van der Waals surface area contributed by atoms with Crippen molar-refractivity contribution in [3.63, 3.8) is 0 Å². The summed E-state index contributed by atoms with van der Waals surface area (Å²) in [6, 6.07) is 19.1. The van der Waals surface area contributed by atoms with Crippen LogP contribution in [0.3, 0.4) is 0 Å². The second kappa shape index (κ2) is 7.37. The minimum atomic E-state index is 0.00297. The Kier molecular flexibility index (Phi) is 5.22. The lowest BCUT2D eigenvalue weighted by Crippen LogP contribution is -2.24. The third kappa shape index (κ3) is 4.45. The molecule has 0 spiro atoms. The molecule has 0 bridgehead atoms. The molecule has 0 aromatic heterocycles. The molecule has 0 saturated heterocycles. The van der Waals surface area contributed by atoms with Crippen LogP contribution in [0, 0.1) is 11.3 Å². The Bertz CT molecular complexity index is 603. The molecule has 2 aromatic rings. The minimum Gasteiger partial charge on any atom is -0.351 e. The van der Waals surface area contributed by atoms with E-state index in [-0.39, 0.29) is 5.91 Å². The van der Waals surface area contributed by atoms with Crippen LogP contribution in [0.2, 0.25) is 0 Å². The number of nitrogens with zero attached hydrogens (tertiary/aromatic N) is 1. The smallest absolute Gasteiger partial charge is 0.230 e. The predicted octanol–water partition coefficient (Wildman–Crippen LogP) is 2.97. The van der Waals surface area contributed by atoms with Crippen molar-refractivity contribution in [3.05, 3.63) is 65.7 Å². The zero-order valence-electron chi connectivity index (χ0n) is 10.9. The van der Waals surface area contributed by atoms with Crippen molar-refractivity contribution in [2.24, 2.45) is 0 Å². The Balaban J connectivity index is 1.76. The molecule has 1 amide bonds. The summed E-state index contributed by atoms with van der Waals surface area (Å²) in [5.74, 6) is 0.406. The van der Waals surface area contributed by atoms with E-state index >= 15 is 0 Å². The van der Waals surface area contributed by atoms with Crippen LogP contribution in [0.1, 0.15) is 11.1 Å². The maximum absolute atomic E-state index is 11.7. The van der Waals surface area contributed by atoms with Crippen LogP contribution < -0.4 is 5.32 Å². The number of amides is 1. The van der Waals surface area contributed by atoms with Crippen molar-refractivity contribution in [1.29, 1.82) is 5.26 Å². The first-order valence-corrected chi connectivity index (χ1v) is 7.20. The molecule has 0 heterocycles. The number of hydrogen-bond donors (Lipinski definition) is 1. The monoisotopic (exact) mass is 282 g/mol. The van der Waals surface area contributed by atoms with E-state index in [4.69, 9.17) is 5.26 Å². The van der Waals surface area contributed by atoms with Gasteiger partial charge in [0.25, 0.3) is 0 Å². The van der Waals surface area contributed by atoms with Crippen molar-refractivity contribution in [2.45, 2.75) is 11.4 Å². The molecule has 0 unspecified atom stereocenters. The van der Waals surface area contributed by atoms with Gasteiger partial charge in [0.15, 0.2) is 0 Å². The first kappa shape index (κ1) is 14.2. The summed E-state index contributed by atoms with van der Waals surface area (Å²) in [5.41, 5.74) is 1.61. The lowest BCUT2D eigenvalue weighted by Gasteiger charge is -2.05. The van der Waals surface area contributed by atoms with E-state index in [1.54, 1.807) is 12.1 Å². The molecule has 100 valence electrons. The quantitative estimate of drug-likeness (QED) is 0.858. The van der Waals surface area contributed by atoms with E-state index in [0.29, 0.717) is 17.9 Å². The Labute approximate surface area is 122 Å². The van der Waals surface area contributed by atoms with Gasteiger partial charge < -0.3 is 5.32 Å². The normalized spacial score (nSPS) is 9.75. The molecule has 0 aliphatic rings. The summed E-state index contributed by atoms with van der Waals surface area (Å²) in [5, 5.41) is 11.6. The van der Waals surface area contributed by atoms with Gasteiger partial charge in [-0.3, -0.25) is 4.79 Å². The zero-order chi connectivity index (χ0) is 14.2. The van der Waals surface area contributed by atoms with Crippen LogP contribution in [-0.4, -0.2) is 11.7 Å². The number of carbonyl (C=O) groups excluding carboxylic acids is 1. The highest BCUT2D eigenvalue weighted by molar-refractivity contribution is 8.00. The molecule has 1 N–H and O–H groups in total. The molecule has 0 aliphatic heterocycles. The van der Waals surface area contributed by atoms with E-state index in [9.17, 15) is 4.79 Å². The molecule has 4 heteroatoms. The Morgan fingerprint density at radius 3 is 2.45 bits per heavy atom. The van der Waals surface area contributed by atoms with E-state index < -0.39 is 0 Å². The number of nitrogens with one attached hydrogen (secondary N) is 1. The van der Waals surface area contributed by atoms with E-state index in [0.717, 1.165) is 10.5 Å². The molecule has 2 aromatic carbocycles. The topological polar surface area (TPSA) is 52.9 Å². The average molecular weight is 282 g/mol. The number of hydrogen-bond acceptors (Lipinski definition) is 3. The van der Waals surface area contributed by atoms with Crippen LogP contribution >= 0.6 is 11.8 Å². The first-order chi connectivity index (χ1) is 9.78. The summed E-state index contributed by atoms with van der Waals surface area (Å²) < 4.78 is 0. The molecule has 2 rings (SSSR count). The van der Waals surface area contributed by atoms with Gasteiger partial charge in [-0.05, 0) is 29.8 Å². The third-order valence-corrected chi connectivity index (χ3v) is 3.70. The Hall–Kier alpha value is -2.25. The number of rotatable bonds is 5. The molecule has 0 radical (unpaired) electrons. The number of nitriles is 1. The van der Waals surface area contributed by atoms with E-state index in [2.05, 4.69) is 11.4 Å². The highest BCUT2D eigenvalue weighted by atomic mass is 32.2. The van der Waals surface area contributed by atoms with Gasteiger partial charge >= 0.3 is 0 Å². The fraction of sp³-hybridized carbons (Fsp3) is 0.125. The molecule has 0 saturated carbocycles. The summed E-state index contributed by atoms with van der Waals surface area (Å²) in [6.07, 6.45) is 0. The van der Waals surface area contributed by atoms with Gasteiger partial charge in [0.05, 0.1) is 17.4 Å². The average Bonchev–Trinajstić information content (AvgIpc) is 2.52. The van der Waals surface area contributed by atoms with Gasteiger partial charge in [0, 0.05) is 11.4 Å². The Morgan fingerprint density at radius 1 is 1.10 bits per heavy atom. The molecule has 0 aliphatic carbocycles. The summed E-state index contributed by atoms with van der Waals surface area (Å²) >= 11 is 1.51. The second-order valence-corrected chi connectivity index (χ2v) is 5.24. The summed E-state index contributed by atoms with van der Waals surface area (Å²) in [7, 11) is 0. The van der Waals surface area contributed by atoms with Crippen LogP contribution in [0.4, 0.5) is 0 Å². The predicted molar refractivity (Wildman–Crippen MR) is 80.2 cm³/mol. The van der Waals surface area contributed by atoms with Crippen molar-refractivity contribution in [2.75, 3.05) is 5.75 Å². The lowest BCUT2D eigenvalue weighted by atomic mass is 10.1. The fourth-order valence-corrected chi connectivity index (χ4v) is 2.36. The minimum absolute atomic E-state index is 0.00297. The van der Waals surface area contributed by atoms with Gasteiger partial charge in [-0.2, -0.15) is 5.26 Å². The molecule has 20 heavy (non-hydrogen) atoms. The highest BCUT2D eigenvalue weighted by Crippen LogP contribution is 2.16. The van der Waals surface area contributed by atoms with Crippen LogP contribution in [0.15, 0.2) is 59.5 Å². The van der Waals surface area contributed by atoms with Crippen molar-refractivity contribution < 1.29 is 4.79 Å². The number of carbonyl (C=O) groups is 1. The van der Waals surface area contributed by atoms with E-state index in [1.807, 2.05) is 42.5 Å². The SMILES string of the molecule is N#Cc1ccc(CNC(=O)CSc2ccccc2)cc1. The van der Waals surface area contributed by atoms with Gasteiger partial charge in [-0.15, -0.1) is 11.8 Å². The van der Waals surface area contributed by atoms with Gasteiger partial charge in [-0.25, -0.2) is 0 Å². The highest BCUT2D eigenvalue weighted by Gasteiger charge is 2.02. The maximum atomic E-state index is 11.7. The molecular formula is C16H14N2OS. The van der Waals surface area contributed by atoms with Gasteiger partial charge in [-0.1, -0.05) is 30.3 Å². The number of thioether (sulfide) groups is 1. The fourth-order valence-electron chi connectivity index (χ4n) is 1.61. The number of benzene rings is 2. The van der Waals surface area contributed by atoms with Crippen LogP contribution in [0.5, 0.6) is 0 Å². The second-order valence-electron chi connectivity index (χ2n) is 4.19. The van der Waals surface area contributed by atoms with E-state index in [1.165, 1.54) is 11.8 Å². The largest absolute Gasteiger partial charge is 0.351 e. The molecular weight excluding hydrogens is 268 g/mol. The maximum Gasteiger partial charge on any atom is 0.230 e. The molecule has 3 nitrogen and oxygen atoms in total. The zero-order valence-corrected chi connectivity index (χ0v) is 11.7. The summed E-state index contributed by atoms with van der Waals surface area (Å²) in [4.78, 5) is 12.8. The van der Waals surface area contributed by atoms with Crippen LogP contribution in [-0.2, 0) is 11.3 Å². The third-order valence-electron chi connectivity index (χ3n) is 2.69. The van der Waals surface area contributed by atoms with Crippen molar-refractivity contribution in [1.82, 2.24) is 5.32 Å².